The van der Waals surface area contributed by atoms with Crippen LogP contribution >= 0.6 is 0 Å². The first-order chi connectivity index (χ1) is 40.5. The van der Waals surface area contributed by atoms with E-state index in [4.69, 9.17) is 50.2 Å². The van der Waals surface area contributed by atoms with Crippen molar-refractivity contribution in [1.82, 2.24) is 0 Å². The Balaban J connectivity index is -0.000000223. The van der Waals surface area contributed by atoms with Crippen LogP contribution in [0.25, 0.3) is 0 Å². The first-order valence-electron chi connectivity index (χ1n) is 33.0. The molecule has 89 heavy (non-hydrogen) atoms. The Labute approximate surface area is 560 Å². The van der Waals surface area contributed by atoms with E-state index in [1.165, 1.54) is 75.8 Å². The molecule has 0 aromatic heterocycles. The van der Waals surface area contributed by atoms with Gasteiger partial charge < -0.3 is 50.2 Å². The van der Waals surface area contributed by atoms with Crippen LogP contribution in [0.2, 0.25) is 159 Å². The Morgan fingerprint density at radius 3 is 1.08 bits per heavy atom. The minimum Gasteiger partial charge on any atom is -0.502 e. The van der Waals surface area contributed by atoms with Gasteiger partial charge in [-0.25, -0.2) is 14.4 Å². The van der Waals surface area contributed by atoms with E-state index >= 15 is 0 Å². The Kier molecular flexibility index (Phi) is 60.8. The average Bonchev–Trinajstić information content (AvgIpc) is 3.78. The van der Waals surface area contributed by atoms with Gasteiger partial charge in [-0.15, -0.1) is 0 Å². The Bertz CT molecular complexity index is 1800. The first-order valence-corrected chi connectivity index (χ1v) is 58.8. The zero-order chi connectivity index (χ0) is 69.3. The molecule has 22 heteroatoms. The number of carbonyl (C=O) groups excluding carboxylic acids is 3. The van der Waals surface area contributed by atoms with Crippen molar-refractivity contribution in [3.63, 3.8) is 0 Å². The van der Waals surface area contributed by atoms with E-state index in [9.17, 15) is 14.4 Å². The van der Waals surface area contributed by atoms with Gasteiger partial charge >= 0.3 is 17.9 Å². The fourth-order valence-electron chi connectivity index (χ4n) is 7.80. The highest BCUT2D eigenvalue weighted by Gasteiger charge is 2.39. The van der Waals surface area contributed by atoms with Crippen LogP contribution in [-0.4, -0.2) is 166 Å². The quantitative estimate of drug-likeness (QED) is 0.0146. The SMILES string of the molecule is C.C=C(C)C(=O)OCCCC.C=C(C)C(=O)OCCC[Si](C)(C)OC.C=CC(=O)OCCC[Si](C)(C)OC.C=COCCC[Si](C)(C)OC.CO[Si](C)(C)C.CO[Si](C)(C)CCCCC1CC1.CO[Si](C)(C)CCCOCC1CC1.C[Si]1(C)CC[Si](C)(C)C1. The van der Waals surface area contributed by atoms with Crippen molar-refractivity contribution in [1.29, 1.82) is 0 Å². The molecule has 3 fully saturated rings. The zero-order valence-corrected chi connectivity index (χ0v) is 70.4. The van der Waals surface area contributed by atoms with Gasteiger partial charge in [-0.1, -0.05) is 123 Å². The van der Waals surface area contributed by atoms with Crippen molar-refractivity contribution >= 4 is 84.0 Å². The second-order valence-corrected chi connectivity index (χ2v) is 67.2. The summed E-state index contributed by atoms with van der Waals surface area (Å²) in [5.74, 6) is 1.07. The molecule has 14 nitrogen and oxygen atoms in total. The molecule has 3 aliphatic rings. The number of rotatable bonds is 36. The van der Waals surface area contributed by atoms with Crippen LogP contribution in [0.5, 0.6) is 0 Å². The molecule has 2 aliphatic carbocycles. The number of carbonyl (C=O) groups is 3. The smallest absolute Gasteiger partial charge is 0.333 e. The van der Waals surface area contributed by atoms with Crippen LogP contribution in [0.15, 0.2) is 49.8 Å². The minimum absolute atomic E-state index is 0. The van der Waals surface area contributed by atoms with E-state index < -0.39 is 66.1 Å². The van der Waals surface area contributed by atoms with Gasteiger partial charge in [0.1, 0.15) is 0 Å². The van der Waals surface area contributed by atoms with Crippen LogP contribution in [0.3, 0.4) is 0 Å². The van der Waals surface area contributed by atoms with Gasteiger partial charge in [-0.2, -0.15) is 0 Å². The fraction of sp³-hybridized carbons (Fsp3) is 0.836. The molecule has 3 rings (SSSR count). The number of hydrogen-bond donors (Lipinski definition) is 0. The second kappa shape index (κ2) is 54.8. The van der Waals surface area contributed by atoms with Crippen molar-refractivity contribution in [2.24, 2.45) is 11.8 Å². The topological polar surface area (TPSA) is 153 Å². The average molecular weight is 1400 g/mol. The highest BCUT2D eigenvalue weighted by Crippen LogP contribution is 2.37. The van der Waals surface area contributed by atoms with Gasteiger partial charge in [-0.05, 0) is 186 Å². The van der Waals surface area contributed by atoms with Crippen molar-refractivity contribution < 1.29 is 64.6 Å². The zero-order valence-electron chi connectivity index (χ0n) is 62.4. The third-order valence-corrected chi connectivity index (χ3v) is 41.2. The molecular formula is C67H148O14Si8. The molecular weight excluding hydrogens is 1250 g/mol. The van der Waals surface area contributed by atoms with Gasteiger partial charge in [0.25, 0.3) is 0 Å². The van der Waals surface area contributed by atoms with Gasteiger partial charge in [-0.3, -0.25) is 0 Å². The standard InChI is InChI=1S/C10H20O3Si.C10H22O2Si.C10H22OSi.C9H18O3Si.C8H18O2Si.C8H14O2.C7H18Si2.C4H12OSi.CH4/c1-9(2)10(11)13-7-6-8-14(4,5)12-3;1-11-13(2,3)8-4-7-12-9-10-5-6-10;1-11-12(2,3)9-5-4-6-10-7-8-10;1-5-9(10)12-7-6-8-13(3,4)11-2;1-5-10-7-6-8-11(3,4)9-2;1-4-5-6-10-8(9)7(2)3;1-8(2)5-6-9(3,4)7-8;1-5-6(2,3)4;/h1,6-8H2,2-5H3;10H,4-9H2,1-3H3;10H,4-9H2,1-3H3;5H,1,6-8H2,2-4H3;5H,1,6-8H2,2-4H3;2,4-6H2,1,3H3;5-7H2,1-4H3;1-4H3;1H4. The summed E-state index contributed by atoms with van der Waals surface area (Å²) in [5.41, 5.74) is 2.60. The van der Waals surface area contributed by atoms with E-state index in [2.05, 4.69) is 145 Å². The lowest BCUT2D eigenvalue weighted by atomic mass is 10.2. The van der Waals surface area contributed by atoms with E-state index in [0.29, 0.717) is 31.0 Å². The molecule has 0 bridgehead atoms. The number of unbranched alkanes of at least 4 members (excludes halogenated alkanes) is 2. The van der Waals surface area contributed by atoms with Crippen LogP contribution in [0, 0.1) is 11.8 Å². The molecule has 0 aromatic carbocycles. The Hall–Kier alpha value is -1.37. The maximum absolute atomic E-state index is 11.0. The summed E-state index contributed by atoms with van der Waals surface area (Å²) in [5, 5.41) is 0. The van der Waals surface area contributed by atoms with Crippen LogP contribution in [0.4, 0.5) is 0 Å². The molecule has 1 heterocycles. The van der Waals surface area contributed by atoms with Gasteiger partial charge in [0.2, 0.25) is 0 Å². The molecule has 0 aromatic rings. The van der Waals surface area contributed by atoms with E-state index in [0.717, 1.165) is 81.9 Å². The predicted molar refractivity (Wildman–Crippen MR) is 405 cm³/mol. The van der Waals surface area contributed by atoms with Crippen molar-refractivity contribution in [2.45, 2.75) is 271 Å². The second-order valence-electron chi connectivity index (χ2n) is 29.4. The molecule has 0 spiro atoms. The number of hydrogen-bond acceptors (Lipinski definition) is 14. The molecule has 0 unspecified atom stereocenters. The van der Waals surface area contributed by atoms with Crippen molar-refractivity contribution in [3.8, 4) is 0 Å². The van der Waals surface area contributed by atoms with Crippen LogP contribution in [-0.2, 0) is 64.6 Å². The van der Waals surface area contributed by atoms with E-state index in [1.807, 2.05) is 14.2 Å². The maximum atomic E-state index is 11.0. The van der Waals surface area contributed by atoms with E-state index in [1.54, 1.807) is 60.0 Å². The lowest BCUT2D eigenvalue weighted by Gasteiger charge is -2.19. The molecule has 2 saturated carbocycles. The largest absolute Gasteiger partial charge is 0.502 e. The summed E-state index contributed by atoms with van der Waals surface area (Å²) in [6.07, 6.45) is 18.7. The maximum Gasteiger partial charge on any atom is 0.333 e. The molecule has 0 radical (unpaired) electrons. The molecule has 0 amide bonds. The normalized spacial score (nSPS) is 14.7. The molecule has 532 valence electrons. The van der Waals surface area contributed by atoms with Gasteiger partial charge in [0.05, 0.1) is 32.7 Å². The highest BCUT2D eigenvalue weighted by atomic mass is 28.4. The monoisotopic (exact) mass is 1400 g/mol. The Morgan fingerprint density at radius 2 is 0.798 bits per heavy atom. The predicted octanol–water partition coefficient (Wildman–Crippen LogP) is 19.7. The van der Waals surface area contributed by atoms with Crippen LogP contribution in [0.1, 0.15) is 112 Å². The molecule has 1 saturated heterocycles. The van der Waals surface area contributed by atoms with Crippen molar-refractivity contribution in [3.05, 3.63) is 49.8 Å². The lowest BCUT2D eigenvalue weighted by Crippen LogP contribution is -2.28. The Morgan fingerprint density at radius 1 is 0.472 bits per heavy atom. The minimum atomic E-state index is -1.49. The molecule has 1 aliphatic heterocycles. The third-order valence-electron chi connectivity index (χ3n) is 15.3. The number of ether oxygens (including phenoxy) is 5. The summed E-state index contributed by atoms with van der Waals surface area (Å²) in [6, 6.07) is 8.96. The molecule has 0 atom stereocenters. The molecule has 0 N–H and O–H groups in total. The number of esters is 3. The summed E-state index contributed by atoms with van der Waals surface area (Å²) in [7, 11) is 1.53. The lowest BCUT2D eigenvalue weighted by molar-refractivity contribution is -0.139. The third kappa shape index (κ3) is 75.5. The van der Waals surface area contributed by atoms with E-state index in [-0.39, 0.29) is 25.3 Å². The van der Waals surface area contributed by atoms with Gasteiger partial charge in [0, 0.05) is 89.2 Å². The van der Waals surface area contributed by atoms with Crippen LogP contribution < -0.4 is 0 Å². The summed E-state index contributed by atoms with van der Waals surface area (Å²) >= 11 is 0. The van der Waals surface area contributed by atoms with Crippen molar-refractivity contribution in [2.75, 3.05) is 82.3 Å². The highest BCUT2D eigenvalue weighted by molar-refractivity contribution is 6.99. The van der Waals surface area contributed by atoms with Gasteiger partial charge in [0.15, 0.2) is 49.9 Å². The fourth-order valence-corrected chi connectivity index (χ4v) is 31.1. The summed E-state index contributed by atoms with van der Waals surface area (Å²) < 4.78 is 57.3. The summed E-state index contributed by atoms with van der Waals surface area (Å²) in [4.78, 5) is 32.3. The summed E-state index contributed by atoms with van der Waals surface area (Å²) in [6.45, 7) is 62.0. The first kappa shape index (κ1) is 98.7.